The Morgan fingerprint density at radius 2 is 1.57 bits per heavy atom. The van der Waals surface area contributed by atoms with Gasteiger partial charge in [0.1, 0.15) is 24.4 Å². The topological polar surface area (TPSA) is 194 Å². The van der Waals surface area contributed by atoms with Gasteiger partial charge >= 0.3 is 11.9 Å². The zero-order valence-corrected chi connectivity index (χ0v) is 28.7. The summed E-state index contributed by atoms with van der Waals surface area (Å²) >= 11 is 0. The highest BCUT2D eigenvalue weighted by Gasteiger charge is 2.72. The van der Waals surface area contributed by atoms with Crippen molar-refractivity contribution in [3.8, 4) is 0 Å². The molecule has 11 nitrogen and oxygen atoms in total. The van der Waals surface area contributed by atoms with Crippen LogP contribution in [0.1, 0.15) is 99.3 Å². The minimum atomic E-state index is -1.72. The third-order valence-corrected chi connectivity index (χ3v) is 15.6. The zero-order chi connectivity index (χ0) is 34.7. The second-order valence-electron chi connectivity index (χ2n) is 17.3. The number of carbonyl (C=O) groups is 2. The molecule has 0 unspecified atom stereocenters. The van der Waals surface area contributed by atoms with Gasteiger partial charge in [-0.1, -0.05) is 39.3 Å². The van der Waals surface area contributed by atoms with E-state index in [0.717, 1.165) is 18.4 Å². The van der Waals surface area contributed by atoms with Gasteiger partial charge in [-0.15, -0.1) is 0 Å². The molecule has 1 aliphatic heterocycles. The molecular formula is C36H56O11. The van der Waals surface area contributed by atoms with Gasteiger partial charge in [-0.2, -0.15) is 0 Å². The maximum Gasteiger partial charge on any atom is 0.315 e. The van der Waals surface area contributed by atoms with Gasteiger partial charge in [0.15, 0.2) is 0 Å². The van der Waals surface area contributed by atoms with Gasteiger partial charge in [-0.3, -0.25) is 9.59 Å². The van der Waals surface area contributed by atoms with Crippen molar-refractivity contribution in [2.75, 3.05) is 6.61 Å². The fraction of sp³-hybridized carbons (Fsp3) is 0.889. The number of ether oxygens (including phenoxy) is 2. The van der Waals surface area contributed by atoms with Crippen LogP contribution in [-0.4, -0.2) is 96.7 Å². The number of hydrogen-bond acceptors (Lipinski definition) is 10. The summed E-state index contributed by atoms with van der Waals surface area (Å²) in [5, 5.41) is 74.8. The molecule has 6 aliphatic rings. The second-order valence-corrected chi connectivity index (χ2v) is 17.3. The van der Waals surface area contributed by atoms with Crippen molar-refractivity contribution in [1.29, 1.82) is 0 Å². The average Bonchev–Trinajstić information content (AvgIpc) is 3.01. The van der Waals surface area contributed by atoms with Crippen LogP contribution < -0.4 is 0 Å². The van der Waals surface area contributed by atoms with Crippen LogP contribution in [0.2, 0.25) is 0 Å². The Morgan fingerprint density at radius 1 is 0.894 bits per heavy atom. The summed E-state index contributed by atoms with van der Waals surface area (Å²) in [6, 6.07) is 0. The number of aliphatic hydroxyl groups excluding tert-OH is 5. The molecule has 0 aromatic heterocycles. The van der Waals surface area contributed by atoms with Crippen LogP contribution in [0.4, 0.5) is 0 Å². The lowest BCUT2D eigenvalue weighted by Gasteiger charge is -2.71. The number of carboxylic acid groups (broad SMARTS) is 1. The van der Waals surface area contributed by atoms with Crippen LogP contribution >= 0.6 is 0 Å². The summed E-state index contributed by atoms with van der Waals surface area (Å²) in [6.07, 6.45) is -1.18. The molecular weight excluding hydrogens is 608 g/mol. The molecule has 6 rings (SSSR count). The molecule has 0 spiro atoms. The third-order valence-electron chi connectivity index (χ3n) is 15.6. The summed E-state index contributed by atoms with van der Waals surface area (Å²) in [6.45, 7) is 11.7. The van der Waals surface area contributed by atoms with Crippen molar-refractivity contribution in [1.82, 2.24) is 0 Å². The van der Waals surface area contributed by atoms with Gasteiger partial charge in [0.2, 0.25) is 6.29 Å². The Kier molecular flexibility index (Phi) is 8.40. The van der Waals surface area contributed by atoms with Crippen LogP contribution in [-0.2, 0) is 19.1 Å². The van der Waals surface area contributed by atoms with E-state index < -0.39 is 83.1 Å². The normalized spacial score (nSPS) is 55.8. The third kappa shape index (κ3) is 4.49. The lowest BCUT2D eigenvalue weighted by molar-refractivity contribution is -0.299. The summed E-state index contributed by atoms with van der Waals surface area (Å²) in [5.74, 6) is -2.37. The smallest absolute Gasteiger partial charge is 0.315 e. The van der Waals surface area contributed by atoms with Crippen molar-refractivity contribution in [3.63, 3.8) is 0 Å². The van der Waals surface area contributed by atoms with Gasteiger partial charge in [-0.25, -0.2) is 0 Å². The van der Waals surface area contributed by atoms with E-state index in [2.05, 4.69) is 26.8 Å². The van der Waals surface area contributed by atoms with E-state index in [0.29, 0.717) is 44.9 Å². The fourth-order valence-corrected chi connectivity index (χ4v) is 12.2. The van der Waals surface area contributed by atoms with E-state index in [1.165, 1.54) is 0 Å². The standard InChI is InChI=1S/C36H56O11/c1-18-9-14-36(30(44)47-28-26(41)25(40)24(39)20(17-37)46-28)16-15-32(3)19(27(36)35(18,6)45)7-8-21-31(2)12-11-23(38)34(5,29(42)43)22(31)10-13-33(21,32)4/h7,18,20-28,37-41,45H,8-17H2,1-6H3,(H,42,43)/t18-,20+,21+,22+,23+,24-,25-,26-,27-,28-,31-,32-,33-,34-,35-,36+/m1/s1. The maximum atomic E-state index is 14.5. The Labute approximate surface area is 277 Å². The lowest BCUT2D eigenvalue weighted by atomic mass is 9.33. The highest BCUT2D eigenvalue weighted by atomic mass is 16.7. The summed E-state index contributed by atoms with van der Waals surface area (Å²) in [7, 11) is 0. The highest BCUT2D eigenvalue weighted by Crippen LogP contribution is 2.76. The monoisotopic (exact) mass is 664 g/mol. The number of aliphatic carboxylic acids is 1. The molecule has 11 heteroatoms. The van der Waals surface area contributed by atoms with E-state index >= 15 is 0 Å². The second kappa shape index (κ2) is 11.2. The maximum absolute atomic E-state index is 14.5. The van der Waals surface area contributed by atoms with Gasteiger partial charge in [0.05, 0.1) is 29.1 Å². The number of aliphatic hydroxyl groups is 6. The molecule has 47 heavy (non-hydrogen) atoms. The molecule has 0 amide bonds. The van der Waals surface area contributed by atoms with Crippen molar-refractivity contribution in [2.24, 2.45) is 50.7 Å². The number of carbonyl (C=O) groups excluding carboxylic acids is 1. The van der Waals surface area contributed by atoms with Crippen molar-refractivity contribution in [2.45, 2.75) is 142 Å². The van der Waals surface area contributed by atoms with E-state index in [4.69, 9.17) is 9.47 Å². The van der Waals surface area contributed by atoms with Crippen LogP contribution in [0.3, 0.4) is 0 Å². The Balaban J connectivity index is 1.39. The number of esters is 1. The van der Waals surface area contributed by atoms with Crippen molar-refractivity contribution >= 4 is 11.9 Å². The molecule has 0 aromatic rings. The summed E-state index contributed by atoms with van der Waals surface area (Å²) in [5.41, 5.74) is -3.64. The molecule has 5 fully saturated rings. The molecule has 1 saturated heterocycles. The number of rotatable bonds is 4. The van der Waals surface area contributed by atoms with Crippen LogP contribution in [0.15, 0.2) is 11.6 Å². The van der Waals surface area contributed by atoms with Crippen LogP contribution in [0, 0.1) is 50.7 Å². The molecule has 16 atom stereocenters. The molecule has 0 bridgehead atoms. The zero-order valence-electron chi connectivity index (χ0n) is 28.7. The van der Waals surface area contributed by atoms with E-state index in [-0.39, 0.29) is 28.6 Å². The number of fused-ring (bicyclic) bond motifs is 7. The lowest BCUT2D eigenvalue weighted by Crippen LogP contribution is -2.69. The highest BCUT2D eigenvalue weighted by molar-refractivity contribution is 5.79. The molecule has 1 heterocycles. The van der Waals surface area contributed by atoms with Crippen molar-refractivity contribution < 1.29 is 54.8 Å². The fourth-order valence-electron chi connectivity index (χ4n) is 12.2. The van der Waals surface area contributed by atoms with E-state index in [1.54, 1.807) is 13.8 Å². The molecule has 5 aliphatic carbocycles. The molecule has 0 radical (unpaired) electrons. The predicted molar refractivity (Wildman–Crippen MR) is 168 cm³/mol. The van der Waals surface area contributed by atoms with Crippen molar-refractivity contribution in [3.05, 3.63) is 11.6 Å². The Bertz CT molecular complexity index is 1310. The largest absolute Gasteiger partial charge is 0.481 e. The Hall–Kier alpha value is -1.60. The molecule has 0 aromatic carbocycles. The van der Waals surface area contributed by atoms with Gasteiger partial charge in [0, 0.05) is 5.92 Å². The first-order valence-electron chi connectivity index (χ1n) is 17.6. The van der Waals surface area contributed by atoms with E-state index in [9.17, 15) is 45.3 Å². The first kappa shape index (κ1) is 35.2. The van der Waals surface area contributed by atoms with Gasteiger partial charge < -0.3 is 45.2 Å². The predicted octanol–water partition coefficient (Wildman–Crippen LogP) is 2.53. The van der Waals surface area contributed by atoms with Crippen LogP contribution in [0.5, 0.6) is 0 Å². The number of carboxylic acids is 1. The number of hydrogen-bond donors (Lipinski definition) is 7. The Morgan fingerprint density at radius 3 is 2.21 bits per heavy atom. The first-order chi connectivity index (χ1) is 21.8. The van der Waals surface area contributed by atoms with Gasteiger partial charge in [0.25, 0.3) is 0 Å². The SMILES string of the molecule is C[C@@H]1CC[C@]2(C(=O)O[C@H]3O[C@@H](CO)[C@@H](O)[C@@H](O)[C@H]3O)CC[C@]3(C)C(=CC[C@H]4[C@@]5(C)CC[C@H](O)[C@](C)(C(=O)O)[C@H]5CC[C@]43C)[C@@H]2[C@]1(C)O. The van der Waals surface area contributed by atoms with E-state index in [1.807, 2.05) is 6.92 Å². The molecule has 266 valence electrons. The van der Waals surface area contributed by atoms with Crippen LogP contribution in [0.25, 0.3) is 0 Å². The average molecular weight is 665 g/mol. The van der Waals surface area contributed by atoms with Gasteiger partial charge in [-0.05, 0) is 106 Å². The quantitative estimate of drug-likeness (QED) is 0.172. The summed E-state index contributed by atoms with van der Waals surface area (Å²) in [4.78, 5) is 27.2. The molecule has 4 saturated carbocycles. The number of allylic oxidation sites excluding steroid dienone is 1. The minimum Gasteiger partial charge on any atom is -0.481 e. The summed E-state index contributed by atoms with van der Waals surface area (Å²) < 4.78 is 11.4. The minimum absolute atomic E-state index is 0.126. The first-order valence-corrected chi connectivity index (χ1v) is 17.6. The molecule has 7 N–H and O–H groups in total.